The zero-order chi connectivity index (χ0) is 16.6. The highest BCUT2D eigenvalue weighted by Crippen LogP contribution is 2.30. The van der Waals surface area contributed by atoms with E-state index in [0.29, 0.717) is 21.7 Å². The number of aromatic nitrogens is 2. The van der Waals surface area contributed by atoms with Gasteiger partial charge in [-0.3, -0.25) is 10.1 Å². The Bertz CT molecular complexity index is 801. The first kappa shape index (κ1) is 15.7. The molecule has 1 N–H and O–H groups in total. The lowest BCUT2D eigenvalue weighted by Gasteiger charge is -2.18. The Hall–Kier alpha value is -2.18. The average Bonchev–Trinajstić information content (AvgIpc) is 2.78. The summed E-state index contributed by atoms with van der Waals surface area (Å²) < 4.78 is 0. The highest BCUT2D eigenvalue weighted by molar-refractivity contribution is 6.37. The minimum Gasteiger partial charge on any atom is -0.301 e. The largest absolute Gasteiger partial charge is 0.301 e. The van der Waals surface area contributed by atoms with Gasteiger partial charge in [0.2, 0.25) is 11.9 Å². The smallest absolute Gasteiger partial charge is 0.253 e. The summed E-state index contributed by atoms with van der Waals surface area (Å²) in [7, 11) is 0. The van der Waals surface area contributed by atoms with Crippen molar-refractivity contribution in [3.8, 4) is 0 Å². The Morgan fingerprint density at radius 2 is 1.87 bits per heavy atom. The Morgan fingerprint density at radius 3 is 2.52 bits per heavy atom. The van der Waals surface area contributed by atoms with Crippen molar-refractivity contribution in [2.45, 2.75) is 13.8 Å². The number of anilines is 1. The fraction of sp³-hybridized carbons (Fsp3) is 0.200. The molecule has 0 atom stereocenters. The second-order valence-corrected chi connectivity index (χ2v) is 5.96. The van der Waals surface area contributed by atoms with Crippen LogP contribution in [0.25, 0.3) is 0 Å². The summed E-state index contributed by atoms with van der Waals surface area (Å²) in [5.74, 6) is 0.443. The molecule has 0 saturated carbocycles. The molecule has 8 heteroatoms. The van der Waals surface area contributed by atoms with Crippen LogP contribution >= 0.6 is 23.2 Å². The van der Waals surface area contributed by atoms with E-state index in [1.54, 1.807) is 23.1 Å². The van der Waals surface area contributed by atoms with Crippen molar-refractivity contribution in [1.29, 1.82) is 0 Å². The first-order valence-corrected chi connectivity index (χ1v) is 7.61. The van der Waals surface area contributed by atoms with Crippen molar-refractivity contribution in [2.75, 3.05) is 11.4 Å². The van der Waals surface area contributed by atoms with E-state index >= 15 is 0 Å². The van der Waals surface area contributed by atoms with E-state index in [1.807, 2.05) is 19.9 Å². The van der Waals surface area contributed by atoms with Crippen molar-refractivity contribution in [2.24, 2.45) is 4.99 Å². The van der Waals surface area contributed by atoms with Gasteiger partial charge in [0.15, 0.2) is 0 Å². The van der Waals surface area contributed by atoms with Crippen molar-refractivity contribution < 1.29 is 4.79 Å². The molecule has 1 aliphatic rings. The Morgan fingerprint density at radius 1 is 1.17 bits per heavy atom. The number of amides is 1. The van der Waals surface area contributed by atoms with E-state index in [9.17, 15) is 4.79 Å². The summed E-state index contributed by atoms with van der Waals surface area (Å²) in [6.07, 6.45) is 0. The lowest BCUT2D eigenvalue weighted by molar-refractivity contribution is -0.117. The number of nitrogens with one attached hydrogen (secondary N) is 1. The summed E-state index contributed by atoms with van der Waals surface area (Å²) in [5, 5.41) is 3.65. The molecule has 6 nitrogen and oxygen atoms in total. The van der Waals surface area contributed by atoms with Crippen molar-refractivity contribution in [3.05, 3.63) is 45.7 Å². The normalized spacial score (nSPS) is 16.1. The van der Waals surface area contributed by atoms with Gasteiger partial charge < -0.3 is 4.90 Å². The summed E-state index contributed by atoms with van der Waals surface area (Å²) in [6.45, 7) is 3.84. The second kappa shape index (κ2) is 6.14. The van der Waals surface area contributed by atoms with Crippen LogP contribution in [0.4, 0.5) is 11.6 Å². The number of hydrogen-bond acceptors (Lipinski definition) is 4. The van der Waals surface area contributed by atoms with Gasteiger partial charge in [-0.2, -0.15) is 4.99 Å². The van der Waals surface area contributed by atoms with Crippen LogP contribution in [0.15, 0.2) is 29.3 Å². The van der Waals surface area contributed by atoms with Crippen molar-refractivity contribution in [3.63, 3.8) is 0 Å². The molecule has 0 unspecified atom stereocenters. The first-order valence-electron chi connectivity index (χ1n) is 6.86. The molecule has 0 aliphatic carbocycles. The van der Waals surface area contributed by atoms with E-state index in [1.165, 1.54) is 0 Å². The first-order chi connectivity index (χ1) is 10.9. The third kappa shape index (κ3) is 3.43. The fourth-order valence-electron chi connectivity index (χ4n) is 2.29. The molecule has 1 saturated heterocycles. The molecule has 1 aromatic heterocycles. The van der Waals surface area contributed by atoms with Crippen LogP contribution < -0.4 is 10.2 Å². The third-order valence-corrected chi connectivity index (χ3v) is 3.72. The maximum Gasteiger partial charge on any atom is 0.253 e. The average molecular weight is 350 g/mol. The molecule has 118 valence electrons. The van der Waals surface area contributed by atoms with Crippen LogP contribution in [0.5, 0.6) is 0 Å². The minimum absolute atomic E-state index is 0.116. The van der Waals surface area contributed by atoms with E-state index < -0.39 is 0 Å². The SMILES string of the molecule is Cc1cc(C)nc(/N=C2\NC(=O)CN2c2ccc(Cl)cc2Cl)n1. The topological polar surface area (TPSA) is 70.5 Å². The molecule has 2 heterocycles. The molecule has 0 spiro atoms. The van der Waals surface area contributed by atoms with E-state index in [-0.39, 0.29) is 18.4 Å². The monoisotopic (exact) mass is 349 g/mol. The number of hydrogen-bond donors (Lipinski definition) is 1. The molecule has 1 aliphatic heterocycles. The number of aryl methyl sites for hydroxylation is 2. The predicted octanol–water partition coefficient (Wildman–Crippen LogP) is 3.02. The highest BCUT2D eigenvalue weighted by atomic mass is 35.5. The molecule has 3 rings (SSSR count). The molecule has 0 radical (unpaired) electrons. The van der Waals surface area contributed by atoms with Gasteiger partial charge in [0.05, 0.1) is 10.7 Å². The number of carbonyl (C=O) groups is 1. The van der Waals surface area contributed by atoms with Crippen molar-refractivity contribution >= 4 is 46.7 Å². The molecule has 1 amide bonds. The van der Waals surface area contributed by atoms with E-state index in [0.717, 1.165) is 11.4 Å². The van der Waals surface area contributed by atoms with Gasteiger partial charge >= 0.3 is 0 Å². The molecular formula is C15H13Cl2N5O. The summed E-state index contributed by atoms with van der Waals surface area (Å²) in [4.78, 5) is 26.3. The summed E-state index contributed by atoms with van der Waals surface area (Å²) in [5.41, 5.74) is 2.24. The number of aliphatic imine (C=N–C) groups is 1. The number of carbonyl (C=O) groups excluding carboxylic acids is 1. The summed E-state index contributed by atoms with van der Waals surface area (Å²) in [6, 6.07) is 6.91. The van der Waals surface area contributed by atoms with Gasteiger partial charge in [0.25, 0.3) is 5.95 Å². The van der Waals surface area contributed by atoms with Gasteiger partial charge in [-0.1, -0.05) is 23.2 Å². The molecule has 2 aromatic rings. The lowest BCUT2D eigenvalue weighted by Crippen LogP contribution is -2.30. The third-order valence-electron chi connectivity index (χ3n) is 3.19. The van der Waals surface area contributed by atoms with Gasteiger partial charge in [0.1, 0.15) is 6.54 Å². The van der Waals surface area contributed by atoms with Gasteiger partial charge in [-0.05, 0) is 38.1 Å². The maximum atomic E-state index is 11.8. The Kier molecular flexibility index (Phi) is 4.19. The zero-order valence-corrected chi connectivity index (χ0v) is 14.0. The van der Waals surface area contributed by atoms with Crippen LogP contribution in [-0.2, 0) is 4.79 Å². The van der Waals surface area contributed by atoms with Crippen LogP contribution in [0, 0.1) is 13.8 Å². The Balaban J connectivity index is 2.02. The minimum atomic E-state index is -0.181. The molecule has 1 aromatic carbocycles. The fourth-order valence-corrected chi connectivity index (χ4v) is 2.80. The Labute approximate surface area is 143 Å². The number of nitrogens with zero attached hydrogens (tertiary/aromatic N) is 4. The highest BCUT2D eigenvalue weighted by Gasteiger charge is 2.28. The van der Waals surface area contributed by atoms with Gasteiger partial charge in [-0.15, -0.1) is 0 Å². The number of rotatable bonds is 2. The quantitative estimate of drug-likeness (QED) is 0.904. The molecule has 0 bridgehead atoms. The van der Waals surface area contributed by atoms with Crippen LogP contribution in [-0.4, -0.2) is 28.4 Å². The molecule has 1 fully saturated rings. The van der Waals surface area contributed by atoms with Gasteiger partial charge in [0, 0.05) is 16.4 Å². The molecule has 23 heavy (non-hydrogen) atoms. The predicted molar refractivity (Wildman–Crippen MR) is 90.6 cm³/mol. The zero-order valence-electron chi connectivity index (χ0n) is 12.5. The van der Waals surface area contributed by atoms with Crippen LogP contribution in [0.3, 0.4) is 0 Å². The van der Waals surface area contributed by atoms with Crippen LogP contribution in [0.1, 0.15) is 11.4 Å². The summed E-state index contributed by atoms with van der Waals surface area (Å²) >= 11 is 12.1. The number of halogens is 2. The molecular weight excluding hydrogens is 337 g/mol. The number of guanidine groups is 1. The van der Waals surface area contributed by atoms with Crippen molar-refractivity contribution in [1.82, 2.24) is 15.3 Å². The second-order valence-electron chi connectivity index (χ2n) is 5.12. The van der Waals surface area contributed by atoms with E-state index in [2.05, 4.69) is 20.3 Å². The standard InChI is InChI=1S/C15H13Cl2N5O/c1-8-5-9(2)19-14(18-8)21-15-20-13(23)7-22(15)12-4-3-10(16)6-11(12)17/h3-6H,7H2,1-2H3,(H,18,19,20,21,23). The maximum absolute atomic E-state index is 11.8. The lowest BCUT2D eigenvalue weighted by atomic mass is 10.3. The van der Waals surface area contributed by atoms with E-state index in [4.69, 9.17) is 23.2 Å². The van der Waals surface area contributed by atoms with Gasteiger partial charge in [-0.25, -0.2) is 9.97 Å². The van der Waals surface area contributed by atoms with Crippen LogP contribution in [0.2, 0.25) is 10.0 Å². The number of benzene rings is 1.